The number of rotatable bonds is 1. The van der Waals surface area contributed by atoms with Crippen molar-refractivity contribution in [3.05, 3.63) is 70.3 Å². The number of fused-ring (bicyclic) bond motifs is 3. The van der Waals surface area contributed by atoms with Gasteiger partial charge >= 0.3 is 5.97 Å². The fraction of sp³-hybridized carbons (Fsp3) is 0.467. The second-order valence-corrected chi connectivity index (χ2v) is 11.3. The minimum Gasteiger partial charge on any atom is -0.490 e. The Hall–Kier alpha value is -3.03. The number of carboxylic acid groups (broad SMARTS) is 1. The number of aliphatic carboxylic acids is 1. The van der Waals surface area contributed by atoms with Gasteiger partial charge in [-0.15, -0.1) is 0 Å². The summed E-state index contributed by atoms with van der Waals surface area (Å²) in [5, 5.41) is 22.2. The van der Waals surface area contributed by atoms with Crippen LogP contribution in [0.5, 0.6) is 5.75 Å². The van der Waals surface area contributed by atoms with Crippen LogP contribution < -0.4 is 9.64 Å². The number of carbonyl (C=O) groups is 2. The van der Waals surface area contributed by atoms with Crippen LogP contribution in [0.15, 0.2) is 48.6 Å². The van der Waals surface area contributed by atoms with Crippen molar-refractivity contribution in [2.45, 2.75) is 56.0 Å². The van der Waals surface area contributed by atoms with Gasteiger partial charge in [0.2, 0.25) is 5.91 Å². The van der Waals surface area contributed by atoms with E-state index in [4.69, 9.17) is 16.3 Å². The van der Waals surface area contributed by atoms with Crippen LogP contribution in [0.3, 0.4) is 0 Å². The highest BCUT2D eigenvalue weighted by molar-refractivity contribution is 6.30. The van der Waals surface area contributed by atoms with Crippen LogP contribution in [0, 0.1) is 0 Å². The lowest BCUT2D eigenvalue weighted by molar-refractivity contribution is -0.164. The quantitative estimate of drug-likeness (QED) is 0.513. The molecule has 2 aromatic carbocycles. The minimum absolute atomic E-state index is 0.177. The summed E-state index contributed by atoms with van der Waals surface area (Å²) in [5.41, 5.74) is 0.861. The molecule has 38 heavy (non-hydrogen) atoms. The van der Waals surface area contributed by atoms with Crippen molar-refractivity contribution in [3.8, 4) is 5.75 Å². The summed E-state index contributed by atoms with van der Waals surface area (Å²) in [4.78, 5) is 29.0. The third kappa shape index (κ3) is 5.02. The first kappa shape index (κ1) is 26.6. The first-order chi connectivity index (χ1) is 18.2. The number of carboxylic acids is 1. The number of aryl methyl sites for hydroxylation is 1. The van der Waals surface area contributed by atoms with Crippen LogP contribution in [-0.4, -0.2) is 60.3 Å². The third-order valence-electron chi connectivity index (χ3n) is 8.30. The monoisotopic (exact) mass is 538 g/mol. The van der Waals surface area contributed by atoms with Crippen LogP contribution in [0.25, 0.3) is 0 Å². The molecule has 1 aliphatic carbocycles. The van der Waals surface area contributed by atoms with Gasteiger partial charge in [-0.05, 0) is 79.5 Å². The molecule has 2 N–H and O–H groups in total. The largest absolute Gasteiger partial charge is 0.490 e. The number of halogens is 1. The summed E-state index contributed by atoms with van der Waals surface area (Å²) >= 11 is 6.34. The molecule has 0 saturated carbocycles. The number of hydrogen-bond donors (Lipinski definition) is 2. The maximum absolute atomic E-state index is 12.9. The summed E-state index contributed by atoms with van der Waals surface area (Å²) < 4.78 is 6.45. The second kappa shape index (κ2) is 10.6. The molecule has 0 unspecified atom stereocenters. The number of carbonyl (C=O) groups excluding carboxylic acids is 1. The Morgan fingerprint density at radius 3 is 2.76 bits per heavy atom. The summed E-state index contributed by atoms with van der Waals surface area (Å²) in [6.07, 6.45) is 9.24. The van der Waals surface area contributed by atoms with E-state index in [1.165, 1.54) is 16.0 Å². The van der Waals surface area contributed by atoms with Gasteiger partial charge in [0, 0.05) is 37.1 Å². The van der Waals surface area contributed by atoms with Gasteiger partial charge < -0.3 is 24.7 Å². The minimum atomic E-state index is -2.35. The van der Waals surface area contributed by atoms with Crippen molar-refractivity contribution in [2.75, 3.05) is 38.2 Å². The lowest BCUT2D eigenvalue weighted by Crippen LogP contribution is -2.46. The molecular formula is C30H35ClN2O5. The molecule has 2 bridgehead atoms. The van der Waals surface area contributed by atoms with Crippen molar-refractivity contribution in [1.29, 1.82) is 0 Å². The zero-order valence-electron chi connectivity index (χ0n) is 21.8. The molecule has 0 fully saturated rings. The van der Waals surface area contributed by atoms with E-state index >= 15 is 0 Å². The standard InChI is InChI=1S/C30H35ClN2O5/c1-32-14-5-3-2-4-6-15-33-19-29(13-7-8-21-16-23(31)10-11-24(21)29)20-38-26-12-9-22(17-25(26)33)30(37,28(35)36)18-27(32)34/h3,5,9-12,16-17,37H,2,4,6-8,13-15,18-20H2,1H3,(H,35,36)/t29-,30-/m0/s1. The number of allylic oxidation sites excluding steroid dienone is 1. The van der Waals surface area contributed by atoms with Crippen LogP contribution in [0.4, 0.5) is 5.69 Å². The van der Waals surface area contributed by atoms with Gasteiger partial charge in [0.25, 0.3) is 0 Å². The first-order valence-electron chi connectivity index (χ1n) is 13.4. The van der Waals surface area contributed by atoms with Gasteiger partial charge in [-0.25, -0.2) is 4.79 Å². The topological polar surface area (TPSA) is 90.3 Å². The van der Waals surface area contributed by atoms with Gasteiger partial charge in [0.1, 0.15) is 5.75 Å². The fourth-order valence-electron chi connectivity index (χ4n) is 6.08. The van der Waals surface area contributed by atoms with Crippen LogP contribution in [0.2, 0.25) is 5.02 Å². The summed E-state index contributed by atoms with van der Waals surface area (Å²) in [6.45, 7) is 2.34. The molecular weight excluding hydrogens is 504 g/mol. The first-order valence-corrected chi connectivity index (χ1v) is 13.8. The zero-order chi connectivity index (χ0) is 26.9. The molecule has 8 heteroatoms. The normalized spacial score (nSPS) is 26.1. The van der Waals surface area contributed by atoms with Gasteiger partial charge in [0.15, 0.2) is 5.60 Å². The molecule has 7 nitrogen and oxygen atoms in total. The molecule has 2 heterocycles. The maximum atomic E-state index is 12.9. The number of hydrogen-bond acceptors (Lipinski definition) is 5. The molecule has 202 valence electrons. The zero-order valence-corrected chi connectivity index (χ0v) is 22.5. The molecule has 2 atom stereocenters. The highest BCUT2D eigenvalue weighted by Crippen LogP contribution is 2.45. The van der Waals surface area contributed by atoms with Gasteiger partial charge in [-0.3, -0.25) is 4.79 Å². The Balaban J connectivity index is 1.59. The summed E-state index contributed by atoms with van der Waals surface area (Å²) in [6, 6.07) is 11.2. The van der Waals surface area contributed by atoms with Crippen LogP contribution in [-0.2, 0) is 27.0 Å². The van der Waals surface area contributed by atoms with Gasteiger partial charge in [0.05, 0.1) is 18.7 Å². The lowest BCUT2D eigenvalue weighted by Gasteiger charge is -2.41. The Morgan fingerprint density at radius 1 is 1.11 bits per heavy atom. The Morgan fingerprint density at radius 2 is 1.95 bits per heavy atom. The van der Waals surface area contributed by atoms with Crippen LogP contribution in [0.1, 0.15) is 55.2 Å². The molecule has 2 aromatic rings. The number of aliphatic hydroxyl groups is 1. The van der Waals surface area contributed by atoms with E-state index in [0.29, 0.717) is 25.4 Å². The van der Waals surface area contributed by atoms with Crippen molar-refractivity contribution in [3.63, 3.8) is 0 Å². The summed E-state index contributed by atoms with van der Waals surface area (Å²) in [7, 11) is 1.62. The molecule has 1 amide bonds. The third-order valence-corrected chi connectivity index (χ3v) is 8.53. The van der Waals surface area contributed by atoms with Gasteiger partial charge in [-0.1, -0.05) is 35.9 Å². The Kier molecular flexibility index (Phi) is 7.43. The second-order valence-electron chi connectivity index (χ2n) is 10.9. The SMILES string of the molecule is CN1CC=CCCCCN2C[C@@]3(CCCc4cc(Cl)ccc43)COc3ccc(cc32)[C@](O)(C(=O)O)CC1=O. The van der Waals surface area contributed by atoms with E-state index in [9.17, 15) is 19.8 Å². The molecule has 3 aliphatic rings. The fourth-order valence-corrected chi connectivity index (χ4v) is 6.27. The highest BCUT2D eigenvalue weighted by Gasteiger charge is 2.44. The number of benzene rings is 2. The van der Waals surface area contributed by atoms with E-state index in [-0.39, 0.29) is 11.0 Å². The van der Waals surface area contributed by atoms with Crippen molar-refractivity contribution >= 4 is 29.2 Å². The highest BCUT2D eigenvalue weighted by atomic mass is 35.5. The van der Waals surface area contributed by atoms with Crippen LogP contribution >= 0.6 is 11.6 Å². The number of likely N-dealkylation sites (N-methyl/N-ethyl adjacent to an activating group) is 1. The smallest absolute Gasteiger partial charge is 0.340 e. The molecule has 0 saturated heterocycles. The number of anilines is 1. The average molecular weight is 539 g/mol. The molecule has 5 rings (SSSR count). The number of ether oxygens (including phenoxy) is 1. The predicted octanol–water partition coefficient (Wildman–Crippen LogP) is 4.67. The van der Waals surface area contributed by atoms with Crippen molar-refractivity contribution in [2.24, 2.45) is 0 Å². The average Bonchev–Trinajstić information content (AvgIpc) is 3.04. The van der Waals surface area contributed by atoms with Gasteiger partial charge in [-0.2, -0.15) is 0 Å². The summed E-state index contributed by atoms with van der Waals surface area (Å²) in [5.74, 6) is -1.23. The van der Waals surface area contributed by atoms with Crippen molar-refractivity contribution in [1.82, 2.24) is 4.90 Å². The molecule has 0 aromatic heterocycles. The van der Waals surface area contributed by atoms with E-state index in [0.717, 1.165) is 55.8 Å². The molecule has 1 spiro atoms. The van der Waals surface area contributed by atoms with E-state index in [2.05, 4.69) is 23.1 Å². The predicted molar refractivity (Wildman–Crippen MR) is 147 cm³/mol. The lowest BCUT2D eigenvalue weighted by atomic mass is 9.70. The number of amides is 1. The Bertz CT molecular complexity index is 1260. The van der Waals surface area contributed by atoms with E-state index in [1.807, 2.05) is 12.1 Å². The van der Waals surface area contributed by atoms with E-state index < -0.39 is 23.9 Å². The van der Waals surface area contributed by atoms with E-state index in [1.54, 1.807) is 25.2 Å². The maximum Gasteiger partial charge on any atom is 0.340 e. The molecule has 0 radical (unpaired) electrons. The van der Waals surface area contributed by atoms with Crippen molar-refractivity contribution < 1.29 is 24.5 Å². The number of nitrogens with zero attached hydrogens (tertiary/aromatic N) is 2. The molecule has 2 aliphatic heterocycles. The Labute approximate surface area is 228 Å².